The number of aryl methyl sites for hydroxylation is 4. The SMILES string of the molecule is Cc1cc2nc3sc(C(=O)Nc4c(C)cccc4C)cc(=O)n3c2cc1C. The molecule has 2 heterocycles. The molecule has 0 spiro atoms. The van der Waals surface area contributed by atoms with Gasteiger partial charge in [0.05, 0.1) is 11.0 Å². The van der Waals surface area contributed by atoms with E-state index in [1.54, 1.807) is 4.40 Å². The summed E-state index contributed by atoms with van der Waals surface area (Å²) in [4.78, 5) is 30.9. The van der Waals surface area contributed by atoms with E-state index in [2.05, 4.69) is 10.3 Å². The zero-order valence-electron chi connectivity index (χ0n) is 15.6. The van der Waals surface area contributed by atoms with E-state index in [4.69, 9.17) is 0 Å². The summed E-state index contributed by atoms with van der Waals surface area (Å²) in [6.45, 7) is 7.92. The van der Waals surface area contributed by atoms with Crippen LogP contribution in [0.2, 0.25) is 0 Å². The van der Waals surface area contributed by atoms with E-state index in [1.165, 1.54) is 17.4 Å². The molecule has 1 amide bonds. The lowest BCUT2D eigenvalue weighted by atomic mass is 10.1. The molecule has 0 fully saturated rings. The topological polar surface area (TPSA) is 63.5 Å². The van der Waals surface area contributed by atoms with Crippen LogP contribution in [-0.4, -0.2) is 15.3 Å². The standard InChI is InChI=1S/C21H19N3O2S/c1-11-6-5-7-12(2)19(11)23-20(26)17-10-18(25)24-16-9-14(4)13(3)8-15(16)22-21(24)27-17/h5-10H,1-4H3,(H,23,26). The first kappa shape index (κ1) is 17.4. The number of nitrogens with one attached hydrogen (secondary N) is 1. The van der Waals surface area contributed by atoms with Gasteiger partial charge in [0, 0.05) is 11.8 Å². The quantitative estimate of drug-likeness (QED) is 0.563. The first-order valence-electron chi connectivity index (χ1n) is 8.66. The van der Waals surface area contributed by atoms with E-state index in [-0.39, 0.29) is 11.5 Å². The van der Waals surface area contributed by atoms with Gasteiger partial charge in [-0.1, -0.05) is 29.5 Å². The highest BCUT2D eigenvalue weighted by molar-refractivity contribution is 7.18. The van der Waals surface area contributed by atoms with Gasteiger partial charge in [-0.3, -0.25) is 14.0 Å². The Morgan fingerprint density at radius 3 is 2.37 bits per heavy atom. The number of carbonyl (C=O) groups is 1. The van der Waals surface area contributed by atoms with Crippen molar-refractivity contribution >= 4 is 38.9 Å². The Balaban J connectivity index is 1.82. The Hall–Kier alpha value is -2.99. The van der Waals surface area contributed by atoms with Crippen LogP contribution in [0.25, 0.3) is 16.0 Å². The zero-order valence-corrected chi connectivity index (χ0v) is 16.4. The number of amides is 1. The number of nitrogens with zero attached hydrogens (tertiary/aromatic N) is 2. The number of imidazole rings is 1. The molecule has 0 bridgehead atoms. The van der Waals surface area contributed by atoms with Gasteiger partial charge < -0.3 is 5.32 Å². The minimum atomic E-state index is -0.295. The number of anilines is 1. The smallest absolute Gasteiger partial charge is 0.266 e. The fourth-order valence-electron chi connectivity index (χ4n) is 3.20. The molecule has 0 atom stereocenters. The number of fused-ring (bicyclic) bond motifs is 3. The molecule has 2 aromatic heterocycles. The number of hydrogen-bond donors (Lipinski definition) is 1. The molecule has 27 heavy (non-hydrogen) atoms. The monoisotopic (exact) mass is 377 g/mol. The molecule has 5 nitrogen and oxygen atoms in total. The first-order chi connectivity index (χ1) is 12.8. The highest BCUT2D eigenvalue weighted by atomic mass is 32.1. The van der Waals surface area contributed by atoms with E-state index in [0.29, 0.717) is 9.84 Å². The fourth-order valence-corrected chi connectivity index (χ4v) is 4.12. The Bertz CT molecular complexity index is 1260. The summed E-state index contributed by atoms with van der Waals surface area (Å²) in [5.74, 6) is -0.295. The van der Waals surface area contributed by atoms with Crippen LogP contribution in [-0.2, 0) is 0 Å². The molecule has 2 aromatic carbocycles. The van der Waals surface area contributed by atoms with Gasteiger partial charge in [0.1, 0.15) is 4.88 Å². The molecule has 0 saturated heterocycles. The molecule has 4 aromatic rings. The first-order valence-corrected chi connectivity index (χ1v) is 9.48. The molecule has 136 valence electrons. The van der Waals surface area contributed by atoms with Crippen molar-refractivity contribution in [1.29, 1.82) is 0 Å². The van der Waals surface area contributed by atoms with Crippen molar-refractivity contribution in [3.05, 3.63) is 73.9 Å². The predicted octanol–water partition coefficient (Wildman–Crippen LogP) is 4.40. The van der Waals surface area contributed by atoms with E-state index in [0.717, 1.165) is 39.0 Å². The van der Waals surface area contributed by atoms with Crippen LogP contribution in [0.4, 0.5) is 5.69 Å². The van der Waals surface area contributed by atoms with Crippen molar-refractivity contribution in [2.75, 3.05) is 5.32 Å². The Labute approximate surface area is 160 Å². The van der Waals surface area contributed by atoms with E-state index >= 15 is 0 Å². The van der Waals surface area contributed by atoms with Crippen LogP contribution in [0.1, 0.15) is 31.9 Å². The maximum Gasteiger partial charge on any atom is 0.266 e. The molecule has 1 N–H and O–H groups in total. The summed E-state index contributed by atoms with van der Waals surface area (Å²) in [5.41, 5.74) is 6.25. The van der Waals surface area contributed by atoms with E-state index in [9.17, 15) is 9.59 Å². The minimum Gasteiger partial charge on any atom is -0.321 e. The molecule has 0 aliphatic rings. The summed E-state index contributed by atoms with van der Waals surface area (Å²) in [7, 11) is 0. The molecule has 0 aliphatic carbocycles. The summed E-state index contributed by atoms with van der Waals surface area (Å²) in [6.07, 6.45) is 0. The molecule has 6 heteroatoms. The van der Waals surface area contributed by atoms with Gasteiger partial charge in [0.15, 0.2) is 4.96 Å². The van der Waals surface area contributed by atoms with Crippen LogP contribution >= 0.6 is 11.3 Å². The van der Waals surface area contributed by atoms with Gasteiger partial charge in [-0.15, -0.1) is 0 Å². The third-order valence-electron chi connectivity index (χ3n) is 4.86. The van der Waals surface area contributed by atoms with Crippen LogP contribution in [0, 0.1) is 27.7 Å². The van der Waals surface area contributed by atoms with E-state index < -0.39 is 0 Å². The average molecular weight is 377 g/mol. The lowest BCUT2D eigenvalue weighted by molar-refractivity contribution is 0.103. The Kier molecular flexibility index (Phi) is 4.08. The maximum absolute atomic E-state index is 12.8. The number of para-hydroxylation sites is 1. The van der Waals surface area contributed by atoms with Crippen molar-refractivity contribution in [2.45, 2.75) is 27.7 Å². The third-order valence-corrected chi connectivity index (χ3v) is 5.84. The molecule has 0 radical (unpaired) electrons. The van der Waals surface area contributed by atoms with Crippen molar-refractivity contribution < 1.29 is 4.79 Å². The number of benzene rings is 2. The number of carbonyl (C=O) groups excluding carboxylic acids is 1. The summed E-state index contributed by atoms with van der Waals surface area (Å²) in [5, 5.41) is 2.93. The van der Waals surface area contributed by atoms with Crippen molar-refractivity contribution in [3.8, 4) is 0 Å². The van der Waals surface area contributed by atoms with Crippen LogP contribution in [0.3, 0.4) is 0 Å². The number of aromatic nitrogens is 2. The van der Waals surface area contributed by atoms with Gasteiger partial charge in [0.25, 0.3) is 11.5 Å². The molecule has 0 saturated carbocycles. The summed E-state index contributed by atoms with van der Waals surface area (Å²) in [6, 6.07) is 11.2. The third kappa shape index (κ3) is 2.92. The second-order valence-corrected chi connectivity index (χ2v) is 7.83. The Morgan fingerprint density at radius 1 is 1.00 bits per heavy atom. The largest absolute Gasteiger partial charge is 0.321 e. The normalized spacial score (nSPS) is 11.3. The molecular weight excluding hydrogens is 358 g/mol. The van der Waals surface area contributed by atoms with Crippen molar-refractivity contribution in [2.24, 2.45) is 0 Å². The van der Waals surface area contributed by atoms with Crippen LogP contribution < -0.4 is 10.9 Å². The van der Waals surface area contributed by atoms with Crippen LogP contribution in [0.5, 0.6) is 0 Å². The second-order valence-electron chi connectivity index (χ2n) is 6.82. The number of hydrogen-bond acceptors (Lipinski definition) is 4. The molecular formula is C21H19N3O2S. The predicted molar refractivity (Wildman–Crippen MR) is 110 cm³/mol. The van der Waals surface area contributed by atoms with Gasteiger partial charge in [-0.2, -0.15) is 0 Å². The van der Waals surface area contributed by atoms with Crippen molar-refractivity contribution in [1.82, 2.24) is 9.38 Å². The van der Waals surface area contributed by atoms with Gasteiger partial charge in [0.2, 0.25) is 0 Å². The summed E-state index contributed by atoms with van der Waals surface area (Å²) >= 11 is 1.22. The highest BCUT2D eigenvalue weighted by Gasteiger charge is 2.16. The van der Waals surface area contributed by atoms with Crippen LogP contribution in [0.15, 0.2) is 41.2 Å². The molecule has 0 unspecified atom stereocenters. The molecule has 4 rings (SSSR count). The minimum absolute atomic E-state index is 0.249. The fraction of sp³-hybridized carbons (Fsp3) is 0.190. The van der Waals surface area contributed by atoms with Gasteiger partial charge in [-0.25, -0.2) is 4.98 Å². The molecule has 0 aliphatic heterocycles. The number of rotatable bonds is 2. The average Bonchev–Trinajstić information content (AvgIpc) is 2.96. The lowest BCUT2D eigenvalue weighted by Crippen LogP contribution is -2.18. The lowest BCUT2D eigenvalue weighted by Gasteiger charge is -2.11. The van der Waals surface area contributed by atoms with Gasteiger partial charge in [-0.05, 0) is 62.1 Å². The van der Waals surface area contributed by atoms with Gasteiger partial charge >= 0.3 is 0 Å². The maximum atomic E-state index is 12.8. The summed E-state index contributed by atoms with van der Waals surface area (Å²) < 4.78 is 1.57. The zero-order chi connectivity index (χ0) is 19.3. The van der Waals surface area contributed by atoms with Crippen molar-refractivity contribution in [3.63, 3.8) is 0 Å². The van der Waals surface area contributed by atoms with E-state index in [1.807, 2.05) is 58.0 Å². The highest BCUT2D eigenvalue weighted by Crippen LogP contribution is 2.24. The Morgan fingerprint density at radius 2 is 1.67 bits per heavy atom. The second kappa shape index (κ2) is 6.32.